The molecule has 3 N–H and O–H groups in total. The first-order valence-electron chi connectivity index (χ1n) is 11.5. The molecule has 0 spiro atoms. The van der Waals surface area contributed by atoms with Crippen LogP contribution >= 0.6 is 0 Å². The van der Waals surface area contributed by atoms with Crippen molar-refractivity contribution in [2.75, 3.05) is 6.54 Å². The summed E-state index contributed by atoms with van der Waals surface area (Å²) in [5.41, 5.74) is 5.88. The average Bonchev–Trinajstić information content (AvgIpc) is 3.23. The highest BCUT2D eigenvalue weighted by Crippen LogP contribution is 2.35. The van der Waals surface area contributed by atoms with Crippen molar-refractivity contribution >= 4 is 16.8 Å². The Morgan fingerprint density at radius 1 is 1.15 bits per heavy atom. The van der Waals surface area contributed by atoms with E-state index in [-0.39, 0.29) is 17.8 Å². The average molecular weight is 443 g/mol. The van der Waals surface area contributed by atoms with Crippen molar-refractivity contribution < 1.29 is 9.18 Å². The summed E-state index contributed by atoms with van der Waals surface area (Å²) in [4.78, 5) is 20.4. The summed E-state index contributed by atoms with van der Waals surface area (Å²) in [5.74, 6) is -0.241. The second-order valence-corrected chi connectivity index (χ2v) is 8.56. The third-order valence-corrected chi connectivity index (χ3v) is 6.39. The van der Waals surface area contributed by atoms with E-state index in [0.29, 0.717) is 25.1 Å². The number of rotatable bonds is 7. The number of H-pyrrole nitrogens is 1. The van der Waals surface area contributed by atoms with Gasteiger partial charge in [-0.25, -0.2) is 4.39 Å². The van der Waals surface area contributed by atoms with Crippen LogP contribution in [-0.2, 0) is 19.4 Å². The van der Waals surface area contributed by atoms with E-state index in [1.54, 1.807) is 18.5 Å². The molecule has 1 aliphatic carbocycles. The van der Waals surface area contributed by atoms with Gasteiger partial charge in [-0.1, -0.05) is 24.3 Å². The van der Waals surface area contributed by atoms with Crippen LogP contribution in [0, 0.1) is 5.82 Å². The molecule has 168 valence electrons. The first-order valence-corrected chi connectivity index (χ1v) is 11.5. The lowest BCUT2D eigenvalue weighted by Crippen LogP contribution is -2.27. The molecular weight excluding hydrogens is 415 g/mol. The SMILES string of the molecule is O=C(NCc1cccnc1)c1ccc2[nH]c3c(c2c1)CCCC3NCCc1ccccc1F. The van der Waals surface area contributed by atoms with Crippen molar-refractivity contribution in [3.05, 3.63) is 101 Å². The Balaban J connectivity index is 1.29. The summed E-state index contributed by atoms with van der Waals surface area (Å²) in [7, 11) is 0. The first kappa shape index (κ1) is 21.3. The Morgan fingerprint density at radius 2 is 2.06 bits per heavy atom. The Morgan fingerprint density at radius 3 is 2.91 bits per heavy atom. The minimum atomic E-state index is -0.149. The van der Waals surface area contributed by atoms with Crippen molar-refractivity contribution in [2.45, 2.75) is 38.3 Å². The molecule has 5 nitrogen and oxygen atoms in total. The number of fused-ring (bicyclic) bond motifs is 3. The molecule has 4 aromatic rings. The quantitative estimate of drug-likeness (QED) is 0.384. The van der Waals surface area contributed by atoms with Crippen molar-refractivity contribution in [3.63, 3.8) is 0 Å². The predicted molar refractivity (Wildman–Crippen MR) is 127 cm³/mol. The number of aryl methyl sites for hydroxylation is 1. The number of carbonyl (C=O) groups excluding carboxylic acids is 1. The summed E-state index contributed by atoms with van der Waals surface area (Å²) in [6.07, 6.45) is 7.23. The number of nitrogens with zero attached hydrogens (tertiary/aromatic N) is 1. The third kappa shape index (κ3) is 4.66. The topological polar surface area (TPSA) is 69.8 Å². The maximum atomic E-state index is 13.9. The lowest BCUT2D eigenvalue weighted by Gasteiger charge is -2.24. The van der Waals surface area contributed by atoms with E-state index in [9.17, 15) is 9.18 Å². The van der Waals surface area contributed by atoms with E-state index in [0.717, 1.165) is 41.3 Å². The van der Waals surface area contributed by atoms with E-state index in [4.69, 9.17) is 0 Å². The minimum Gasteiger partial charge on any atom is -0.357 e. The highest BCUT2D eigenvalue weighted by molar-refractivity contribution is 5.99. The van der Waals surface area contributed by atoms with Crippen LogP contribution < -0.4 is 10.6 Å². The van der Waals surface area contributed by atoms with Gasteiger partial charge in [0.25, 0.3) is 5.91 Å². The lowest BCUT2D eigenvalue weighted by molar-refractivity contribution is 0.0951. The van der Waals surface area contributed by atoms with Crippen LogP contribution in [0.5, 0.6) is 0 Å². The summed E-state index contributed by atoms with van der Waals surface area (Å²) in [6.45, 7) is 1.16. The van der Waals surface area contributed by atoms with Crippen LogP contribution in [0.3, 0.4) is 0 Å². The molecule has 0 saturated carbocycles. The van der Waals surface area contributed by atoms with Crippen molar-refractivity contribution in [1.82, 2.24) is 20.6 Å². The molecule has 33 heavy (non-hydrogen) atoms. The predicted octanol–water partition coefficient (Wildman–Crippen LogP) is 4.84. The molecule has 0 aliphatic heterocycles. The minimum absolute atomic E-state index is 0.0916. The van der Waals surface area contributed by atoms with Gasteiger partial charge in [0.1, 0.15) is 5.82 Å². The highest BCUT2D eigenvalue weighted by atomic mass is 19.1. The zero-order chi connectivity index (χ0) is 22.6. The molecule has 0 radical (unpaired) electrons. The Labute approximate surface area is 192 Å². The number of nitrogens with one attached hydrogen (secondary N) is 3. The van der Waals surface area contributed by atoms with Crippen molar-refractivity contribution in [2.24, 2.45) is 0 Å². The van der Waals surface area contributed by atoms with Crippen LogP contribution in [0.2, 0.25) is 0 Å². The van der Waals surface area contributed by atoms with Crippen LogP contribution in [0.4, 0.5) is 4.39 Å². The van der Waals surface area contributed by atoms with Crippen molar-refractivity contribution in [3.8, 4) is 0 Å². The van der Waals surface area contributed by atoms with Gasteiger partial charge in [-0.3, -0.25) is 9.78 Å². The maximum absolute atomic E-state index is 13.9. The summed E-state index contributed by atoms with van der Waals surface area (Å²) >= 11 is 0. The lowest BCUT2D eigenvalue weighted by atomic mass is 9.91. The largest absolute Gasteiger partial charge is 0.357 e. The van der Waals surface area contributed by atoms with E-state index in [2.05, 4.69) is 20.6 Å². The van der Waals surface area contributed by atoms with E-state index >= 15 is 0 Å². The van der Waals surface area contributed by atoms with Crippen LogP contribution in [0.25, 0.3) is 10.9 Å². The Bertz CT molecular complexity index is 1270. The number of benzene rings is 2. The molecule has 2 heterocycles. The van der Waals surface area contributed by atoms with Crippen LogP contribution in [-0.4, -0.2) is 22.4 Å². The number of carbonyl (C=O) groups is 1. The van der Waals surface area contributed by atoms with Crippen LogP contribution in [0.15, 0.2) is 67.0 Å². The first-order chi connectivity index (χ1) is 16.2. The molecule has 2 aromatic heterocycles. The number of pyridine rings is 1. The molecular formula is C27H27FN4O. The summed E-state index contributed by atoms with van der Waals surface area (Å²) in [5, 5.41) is 7.69. The molecule has 0 saturated heterocycles. The molecule has 1 atom stereocenters. The maximum Gasteiger partial charge on any atom is 0.251 e. The fourth-order valence-corrected chi connectivity index (χ4v) is 4.68. The number of hydrogen-bond donors (Lipinski definition) is 3. The van der Waals surface area contributed by atoms with Gasteiger partial charge in [-0.2, -0.15) is 0 Å². The van der Waals surface area contributed by atoms with Crippen molar-refractivity contribution in [1.29, 1.82) is 0 Å². The van der Waals surface area contributed by atoms with Gasteiger partial charge in [-0.15, -0.1) is 0 Å². The van der Waals surface area contributed by atoms with Gasteiger partial charge < -0.3 is 15.6 Å². The highest BCUT2D eigenvalue weighted by Gasteiger charge is 2.24. The molecule has 2 aromatic carbocycles. The summed E-state index contributed by atoms with van der Waals surface area (Å²) < 4.78 is 13.9. The smallest absolute Gasteiger partial charge is 0.251 e. The molecule has 5 rings (SSSR count). The number of amides is 1. The Hall–Kier alpha value is -3.51. The molecule has 6 heteroatoms. The number of aromatic amines is 1. The fraction of sp³-hybridized carbons (Fsp3) is 0.259. The molecule has 1 unspecified atom stereocenters. The normalized spacial score (nSPS) is 15.4. The zero-order valence-electron chi connectivity index (χ0n) is 18.4. The summed E-state index contributed by atoms with van der Waals surface area (Å²) in [6, 6.07) is 16.8. The van der Waals surface area contributed by atoms with Gasteiger partial charge >= 0.3 is 0 Å². The van der Waals surface area contributed by atoms with Crippen LogP contribution in [0.1, 0.15) is 51.6 Å². The monoisotopic (exact) mass is 442 g/mol. The van der Waals surface area contributed by atoms with E-state index < -0.39 is 0 Å². The standard InChI is InChI=1S/C27H27FN4O/c28-23-8-2-1-6-19(23)12-14-30-25-9-3-7-21-22-15-20(10-11-24(22)32-26(21)25)27(33)31-17-18-5-4-13-29-16-18/h1-2,4-6,8,10-11,13,15-16,25,30,32H,3,7,9,12,14,17H2,(H,31,33). The third-order valence-electron chi connectivity index (χ3n) is 6.39. The molecule has 0 fully saturated rings. The van der Waals surface area contributed by atoms with E-state index in [1.165, 1.54) is 17.3 Å². The van der Waals surface area contributed by atoms with Gasteiger partial charge in [0.2, 0.25) is 0 Å². The van der Waals surface area contributed by atoms with Gasteiger partial charge in [0, 0.05) is 47.1 Å². The van der Waals surface area contributed by atoms with E-state index in [1.807, 2.05) is 42.5 Å². The molecule has 1 aliphatic rings. The number of halogens is 1. The van der Waals surface area contributed by atoms with Gasteiger partial charge in [0.15, 0.2) is 0 Å². The number of aromatic nitrogens is 2. The fourth-order valence-electron chi connectivity index (χ4n) is 4.68. The second kappa shape index (κ2) is 9.55. The second-order valence-electron chi connectivity index (χ2n) is 8.56. The zero-order valence-corrected chi connectivity index (χ0v) is 18.4. The van der Waals surface area contributed by atoms with Gasteiger partial charge in [-0.05, 0) is 79.3 Å². The van der Waals surface area contributed by atoms with Gasteiger partial charge in [0.05, 0.1) is 0 Å². The Kier molecular flexibility index (Phi) is 6.17. The molecule has 1 amide bonds. The number of hydrogen-bond acceptors (Lipinski definition) is 3. The molecule has 0 bridgehead atoms.